The molecule has 5 nitrogen and oxygen atoms in total. The molecule has 2 aliphatic heterocycles. The molecule has 2 fully saturated rings. The van der Waals surface area contributed by atoms with Crippen LogP contribution in [0.5, 0.6) is 11.5 Å². The highest BCUT2D eigenvalue weighted by molar-refractivity contribution is 5.35. The molecule has 5 heteroatoms. The Hall–Kier alpha value is -2.08. The molecule has 2 aromatic rings. The Labute approximate surface area is 192 Å². The average Bonchev–Trinajstić information content (AvgIpc) is 3.30. The van der Waals surface area contributed by atoms with Crippen LogP contribution in [0.1, 0.15) is 61.8 Å². The molecular weight excluding hydrogens is 400 g/mol. The van der Waals surface area contributed by atoms with E-state index >= 15 is 0 Å². The van der Waals surface area contributed by atoms with Crippen molar-refractivity contribution in [1.82, 2.24) is 9.80 Å². The van der Waals surface area contributed by atoms with E-state index in [9.17, 15) is 5.11 Å². The second-order valence-corrected chi connectivity index (χ2v) is 9.09. The maximum Gasteiger partial charge on any atom is 0.124 e. The molecule has 0 amide bonds. The number of rotatable bonds is 10. The molecule has 2 heterocycles. The number of piperidine rings is 1. The van der Waals surface area contributed by atoms with Gasteiger partial charge in [0.05, 0.1) is 19.8 Å². The number of hydrogen-bond acceptors (Lipinski definition) is 5. The molecule has 1 N–H and O–H groups in total. The van der Waals surface area contributed by atoms with Gasteiger partial charge in [0, 0.05) is 24.7 Å². The number of hydrogen-bond donors (Lipinski definition) is 1. The number of aliphatic hydroxyl groups excluding tert-OH is 1. The van der Waals surface area contributed by atoms with Crippen LogP contribution in [0.25, 0.3) is 0 Å². The minimum Gasteiger partial charge on any atom is -0.496 e. The van der Waals surface area contributed by atoms with E-state index in [2.05, 4.69) is 34.1 Å². The van der Waals surface area contributed by atoms with Gasteiger partial charge in [0.15, 0.2) is 0 Å². The number of ether oxygens (including phenoxy) is 2. The van der Waals surface area contributed by atoms with Crippen molar-refractivity contribution in [3.05, 3.63) is 59.7 Å². The zero-order valence-electron chi connectivity index (χ0n) is 19.4. The third-order valence-electron chi connectivity index (χ3n) is 6.85. The van der Waals surface area contributed by atoms with Crippen molar-refractivity contribution in [2.24, 2.45) is 0 Å². The third kappa shape index (κ3) is 6.03. The van der Waals surface area contributed by atoms with Gasteiger partial charge < -0.3 is 19.5 Å². The van der Waals surface area contributed by atoms with Gasteiger partial charge in [-0.3, -0.25) is 4.90 Å². The maximum absolute atomic E-state index is 10.9. The van der Waals surface area contributed by atoms with Crippen molar-refractivity contribution in [2.75, 3.05) is 46.4 Å². The van der Waals surface area contributed by atoms with Gasteiger partial charge in [-0.2, -0.15) is 0 Å². The fourth-order valence-corrected chi connectivity index (χ4v) is 5.16. The molecule has 2 unspecified atom stereocenters. The Bertz CT molecular complexity index is 837. The van der Waals surface area contributed by atoms with Crippen molar-refractivity contribution in [2.45, 2.75) is 50.7 Å². The van der Waals surface area contributed by atoms with E-state index in [1.165, 1.54) is 37.9 Å². The molecule has 4 rings (SSSR count). The Morgan fingerprint density at radius 2 is 1.84 bits per heavy atom. The van der Waals surface area contributed by atoms with Crippen LogP contribution >= 0.6 is 0 Å². The SMILES string of the molecule is COc1ccccc1C(O)CN1CCCC1c1cccc(OCCCN2CCCCC2)c1. The van der Waals surface area contributed by atoms with E-state index in [0.29, 0.717) is 12.6 Å². The Morgan fingerprint density at radius 1 is 1.00 bits per heavy atom. The Balaban J connectivity index is 1.32. The molecule has 2 aliphatic rings. The first-order valence-corrected chi connectivity index (χ1v) is 12.2. The molecular formula is C27H38N2O3. The minimum absolute atomic E-state index is 0.316. The maximum atomic E-state index is 10.9. The van der Waals surface area contributed by atoms with E-state index < -0.39 is 6.10 Å². The summed E-state index contributed by atoms with van der Waals surface area (Å²) in [5, 5.41) is 10.9. The van der Waals surface area contributed by atoms with Crippen LogP contribution in [-0.2, 0) is 0 Å². The summed E-state index contributed by atoms with van der Waals surface area (Å²) in [6, 6.07) is 16.6. The summed E-state index contributed by atoms with van der Waals surface area (Å²) in [5.74, 6) is 1.70. The summed E-state index contributed by atoms with van der Waals surface area (Å²) in [6.45, 7) is 5.99. The summed E-state index contributed by atoms with van der Waals surface area (Å²) in [6.07, 6.45) is 6.82. The Kier molecular flexibility index (Phi) is 8.43. The van der Waals surface area contributed by atoms with Crippen LogP contribution in [0.15, 0.2) is 48.5 Å². The van der Waals surface area contributed by atoms with Gasteiger partial charge in [-0.05, 0) is 75.5 Å². The normalized spacial score (nSPS) is 20.9. The summed E-state index contributed by atoms with van der Waals surface area (Å²) < 4.78 is 11.5. The topological polar surface area (TPSA) is 45.2 Å². The second-order valence-electron chi connectivity index (χ2n) is 9.09. The van der Waals surface area contributed by atoms with Gasteiger partial charge in [-0.15, -0.1) is 0 Å². The lowest BCUT2D eigenvalue weighted by atomic mass is 10.0. The van der Waals surface area contributed by atoms with E-state index in [0.717, 1.165) is 56.0 Å². The summed E-state index contributed by atoms with van der Waals surface area (Å²) in [5.41, 5.74) is 2.13. The molecule has 0 bridgehead atoms. The van der Waals surface area contributed by atoms with Gasteiger partial charge in [0.25, 0.3) is 0 Å². The van der Waals surface area contributed by atoms with Crippen LogP contribution in [-0.4, -0.2) is 61.3 Å². The fraction of sp³-hybridized carbons (Fsp3) is 0.556. The number of aliphatic hydroxyl groups is 1. The largest absolute Gasteiger partial charge is 0.496 e. The average molecular weight is 439 g/mol. The number of β-amino-alcohol motifs (C(OH)–C–C–N with tert-alkyl or cyclic N) is 1. The van der Waals surface area contributed by atoms with Crippen molar-refractivity contribution >= 4 is 0 Å². The third-order valence-corrected chi connectivity index (χ3v) is 6.85. The van der Waals surface area contributed by atoms with E-state index in [1.807, 2.05) is 24.3 Å². The van der Waals surface area contributed by atoms with Gasteiger partial charge >= 0.3 is 0 Å². The predicted molar refractivity (Wildman–Crippen MR) is 128 cm³/mol. The number of nitrogens with zero attached hydrogens (tertiary/aromatic N) is 2. The fourth-order valence-electron chi connectivity index (χ4n) is 5.16. The van der Waals surface area contributed by atoms with E-state index in [-0.39, 0.29) is 0 Å². The van der Waals surface area contributed by atoms with E-state index in [4.69, 9.17) is 9.47 Å². The molecule has 2 saturated heterocycles. The van der Waals surface area contributed by atoms with Crippen molar-refractivity contribution < 1.29 is 14.6 Å². The molecule has 2 aromatic carbocycles. The highest BCUT2D eigenvalue weighted by Gasteiger charge is 2.29. The quantitative estimate of drug-likeness (QED) is 0.539. The zero-order valence-corrected chi connectivity index (χ0v) is 19.4. The Morgan fingerprint density at radius 3 is 2.69 bits per heavy atom. The van der Waals surface area contributed by atoms with Gasteiger partial charge in [-0.1, -0.05) is 36.8 Å². The van der Waals surface area contributed by atoms with Gasteiger partial charge in [-0.25, -0.2) is 0 Å². The van der Waals surface area contributed by atoms with Crippen LogP contribution in [0, 0.1) is 0 Å². The summed E-state index contributed by atoms with van der Waals surface area (Å²) in [7, 11) is 1.66. The lowest BCUT2D eigenvalue weighted by molar-refractivity contribution is 0.104. The zero-order chi connectivity index (χ0) is 22.2. The second kappa shape index (κ2) is 11.7. The number of para-hydroxylation sites is 1. The number of benzene rings is 2. The monoisotopic (exact) mass is 438 g/mol. The smallest absolute Gasteiger partial charge is 0.124 e. The first-order valence-electron chi connectivity index (χ1n) is 12.2. The molecule has 0 aliphatic carbocycles. The minimum atomic E-state index is -0.569. The molecule has 0 saturated carbocycles. The predicted octanol–water partition coefficient (Wildman–Crippen LogP) is 4.82. The lowest BCUT2D eigenvalue weighted by Crippen LogP contribution is -2.31. The summed E-state index contributed by atoms with van der Waals surface area (Å²) >= 11 is 0. The molecule has 0 spiro atoms. The molecule has 0 aromatic heterocycles. The van der Waals surface area contributed by atoms with Crippen LogP contribution in [0.2, 0.25) is 0 Å². The molecule has 174 valence electrons. The standard InChI is InChI=1S/C27H38N2O3/c1-31-27-14-4-3-12-24(27)26(30)21-29-18-8-13-25(29)22-10-7-11-23(20-22)32-19-9-17-28-15-5-2-6-16-28/h3-4,7,10-12,14,20,25-26,30H,2,5-6,8-9,13,15-19,21H2,1H3. The molecule has 0 radical (unpaired) electrons. The number of likely N-dealkylation sites (tertiary alicyclic amines) is 2. The van der Waals surface area contributed by atoms with Gasteiger partial charge in [0.1, 0.15) is 11.5 Å². The van der Waals surface area contributed by atoms with Crippen LogP contribution in [0.3, 0.4) is 0 Å². The highest BCUT2D eigenvalue weighted by atomic mass is 16.5. The van der Waals surface area contributed by atoms with Crippen LogP contribution in [0.4, 0.5) is 0 Å². The molecule has 2 atom stereocenters. The lowest BCUT2D eigenvalue weighted by Gasteiger charge is -2.28. The van der Waals surface area contributed by atoms with Crippen molar-refractivity contribution in [3.8, 4) is 11.5 Å². The number of methoxy groups -OCH3 is 1. The van der Waals surface area contributed by atoms with Crippen molar-refractivity contribution in [1.29, 1.82) is 0 Å². The van der Waals surface area contributed by atoms with Crippen LogP contribution < -0.4 is 9.47 Å². The van der Waals surface area contributed by atoms with Gasteiger partial charge in [0.2, 0.25) is 0 Å². The first kappa shape index (κ1) is 23.1. The summed E-state index contributed by atoms with van der Waals surface area (Å²) in [4.78, 5) is 4.96. The van der Waals surface area contributed by atoms with Crippen molar-refractivity contribution in [3.63, 3.8) is 0 Å². The molecule has 32 heavy (non-hydrogen) atoms. The van der Waals surface area contributed by atoms with E-state index in [1.54, 1.807) is 7.11 Å². The first-order chi connectivity index (χ1) is 15.7. The highest BCUT2D eigenvalue weighted by Crippen LogP contribution is 2.36.